The highest BCUT2D eigenvalue weighted by atomic mass is 28.3. The second kappa shape index (κ2) is 9.66. The third kappa shape index (κ3) is 5.44. The second-order valence-corrected chi connectivity index (χ2v) is 14.8. The quantitative estimate of drug-likeness (QED) is 0.242. The van der Waals surface area contributed by atoms with Crippen LogP contribution in [0.5, 0.6) is 17.4 Å². The Morgan fingerprint density at radius 1 is 1.22 bits per heavy atom. The van der Waals surface area contributed by atoms with Gasteiger partial charge in [0.05, 0.1) is 12.3 Å². The SMILES string of the molecule is C[Si](C)(C)CCOCn1nccc1-c1ccc(Oc2ccc3c(c2)OCC3CC=O)nc1. The molecule has 1 unspecified atom stereocenters. The molecule has 0 aliphatic carbocycles. The second-order valence-electron chi connectivity index (χ2n) is 9.16. The lowest BCUT2D eigenvalue weighted by atomic mass is 9.99. The fourth-order valence-corrected chi connectivity index (χ4v) is 4.31. The minimum absolute atomic E-state index is 0.123. The summed E-state index contributed by atoms with van der Waals surface area (Å²) in [6.07, 6.45) is 4.94. The van der Waals surface area contributed by atoms with Gasteiger partial charge < -0.3 is 19.0 Å². The first-order chi connectivity index (χ1) is 15.4. The van der Waals surface area contributed by atoms with Crippen molar-refractivity contribution in [2.24, 2.45) is 0 Å². The van der Waals surface area contributed by atoms with Crippen molar-refractivity contribution < 1.29 is 19.0 Å². The summed E-state index contributed by atoms with van der Waals surface area (Å²) in [6, 6.07) is 12.6. The Morgan fingerprint density at radius 2 is 2.09 bits per heavy atom. The largest absolute Gasteiger partial charge is 0.492 e. The van der Waals surface area contributed by atoms with E-state index in [9.17, 15) is 4.79 Å². The van der Waals surface area contributed by atoms with Gasteiger partial charge in [0.15, 0.2) is 0 Å². The average Bonchev–Trinajstić information content (AvgIpc) is 3.38. The number of aldehydes is 1. The summed E-state index contributed by atoms with van der Waals surface area (Å²) < 4.78 is 19.3. The van der Waals surface area contributed by atoms with Crippen molar-refractivity contribution in [1.82, 2.24) is 14.8 Å². The van der Waals surface area contributed by atoms with Gasteiger partial charge in [0.1, 0.15) is 24.5 Å². The Hall–Kier alpha value is -2.97. The van der Waals surface area contributed by atoms with Crippen LogP contribution in [0.4, 0.5) is 0 Å². The maximum absolute atomic E-state index is 10.8. The highest BCUT2D eigenvalue weighted by Gasteiger charge is 2.24. The molecule has 2 aromatic heterocycles. The highest BCUT2D eigenvalue weighted by molar-refractivity contribution is 6.76. The van der Waals surface area contributed by atoms with E-state index in [-0.39, 0.29) is 5.92 Å². The number of benzene rings is 1. The number of rotatable bonds is 10. The van der Waals surface area contributed by atoms with Gasteiger partial charge in [-0.3, -0.25) is 0 Å². The zero-order chi connectivity index (χ0) is 22.6. The van der Waals surface area contributed by atoms with Crippen LogP contribution in [-0.4, -0.2) is 42.3 Å². The molecule has 7 nitrogen and oxygen atoms in total. The summed E-state index contributed by atoms with van der Waals surface area (Å²) in [5.74, 6) is 2.03. The number of nitrogens with zero attached hydrogens (tertiary/aromatic N) is 3. The molecular weight excluding hydrogens is 422 g/mol. The Morgan fingerprint density at radius 3 is 2.84 bits per heavy atom. The van der Waals surface area contributed by atoms with E-state index in [1.54, 1.807) is 12.4 Å². The van der Waals surface area contributed by atoms with Gasteiger partial charge in [0.25, 0.3) is 0 Å². The predicted molar refractivity (Wildman–Crippen MR) is 125 cm³/mol. The molecule has 1 aliphatic heterocycles. The van der Waals surface area contributed by atoms with Crippen LogP contribution in [0.1, 0.15) is 17.9 Å². The number of ether oxygens (including phenoxy) is 3. The zero-order valence-corrected chi connectivity index (χ0v) is 19.8. The molecule has 8 heteroatoms. The molecule has 3 heterocycles. The lowest BCUT2D eigenvalue weighted by molar-refractivity contribution is -0.108. The molecular formula is C24H29N3O4Si. The fraction of sp³-hybridized carbons (Fsp3) is 0.375. The van der Waals surface area contributed by atoms with E-state index in [2.05, 4.69) is 29.7 Å². The van der Waals surface area contributed by atoms with Crippen molar-refractivity contribution in [3.8, 4) is 28.6 Å². The summed E-state index contributed by atoms with van der Waals surface area (Å²) in [6.45, 7) is 8.72. The normalized spacial score (nSPS) is 15.3. The molecule has 0 bridgehead atoms. The molecule has 0 radical (unpaired) electrons. The Balaban J connectivity index is 1.38. The van der Waals surface area contributed by atoms with Crippen LogP contribution in [0.25, 0.3) is 11.3 Å². The van der Waals surface area contributed by atoms with Crippen molar-refractivity contribution in [3.05, 3.63) is 54.4 Å². The maximum Gasteiger partial charge on any atom is 0.219 e. The van der Waals surface area contributed by atoms with Crippen LogP contribution >= 0.6 is 0 Å². The minimum Gasteiger partial charge on any atom is -0.492 e. The molecule has 0 saturated carbocycles. The third-order valence-corrected chi connectivity index (χ3v) is 7.13. The van der Waals surface area contributed by atoms with E-state index >= 15 is 0 Å². The number of hydrogen-bond donors (Lipinski definition) is 0. The van der Waals surface area contributed by atoms with Crippen molar-refractivity contribution >= 4 is 14.4 Å². The van der Waals surface area contributed by atoms with Gasteiger partial charge in [0, 0.05) is 62.7 Å². The Kier molecular flexibility index (Phi) is 6.71. The van der Waals surface area contributed by atoms with Crippen molar-refractivity contribution in [2.75, 3.05) is 13.2 Å². The van der Waals surface area contributed by atoms with E-state index < -0.39 is 8.07 Å². The third-order valence-electron chi connectivity index (χ3n) is 5.43. The molecule has 0 spiro atoms. The van der Waals surface area contributed by atoms with Crippen LogP contribution < -0.4 is 9.47 Å². The first-order valence-electron chi connectivity index (χ1n) is 10.9. The summed E-state index contributed by atoms with van der Waals surface area (Å²) in [7, 11) is -1.11. The van der Waals surface area contributed by atoms with Crippen molar-refractivity contribution in [3.63, 3.8) is 0 Å². The van der Waals surface area contributed by atoms with Crippen LogP contribution in [0.3, 0.4) is 0 Å². The smallest absolute Gasteiger partial charge is 0.219 e. The molecule has 0 fully saturated rings. The van der Waals surface area contributed by atoms with E-state index in [1.165, 1.54) is 0 Å². The monoisotopic (exact) mass is 451 g/mol. The number of aromatic nitrogens is 3. The summed E-state index contributed by atoms with van der Waals surface area (Å²) in [4.78, 5) is 15.3. The van der Waals surface area contributed by atoms with Gasteiger partial charge in [-0.2, -0.15) is 5.10 Å². The van der Waals surface area contributed by atoms with Crippen LogP contribution in [0.2, 0.25) is 25.7 Å². The zero-order valence-electron chi connectivity index (χ0n) is 18.8. The summed E-state index contributed by atoms with van der Waals surface area (Å²) in [5.41, 5.74) is 2.94. The molecule has 3 aromatic rings. The molecule has 0 N–H and O–H groups in total. The number of pyridine rings is 1. The van der Waals surface area contributed by atoms with E-state index in [0.717, 1.165) is 41.5 Å². The van der Waals surface area contributed by atoms with Crippen LogP contribution in [0.15, 0.2) is 48.8 Å². The first kappa shape index (κ1) is 22.2. The van der Waals surface area contributed by atoms with E-state index in [4.69, 9.17) is 14.2 Å². The van der Waals surface area contributed by atoms with E-state index in [1.807, 2.05) is 41.1 Å². The standard InChI is InChI=1S/C24H29N3O4Si/c1-32(2,3)13-12-29-17-27-22(8-10-26-27)18-4-7-24(25-15-18)31-20-5-6-21-19(9-11-28)16-30-23(21)14-20/h4-8,10-11,14-15,19H,9,12-13,16-17H2,1-3H3. The first-order valence-corrected chi connectivity index (χ1v) is 14.6. The summed E-state index contributed by atoms with van der Waals surface area (Å²) in [5, 5.41) is 4.38. The molecule has 0 saturated heterocycles. The number of carbonyl (C=O) groups excluding carboxylic acids is 1. The lowest BCUT2D eigenvalue weighted by Crippen LogP contribution is -2.22. The highest BCUT2D eigenvalue weighted by Crippen LogP contribution is 2.38. The number of fused-ring (bicyclic) bond motifs is 1. The fourth-order valence-electron chi connectivity index (χ4n) is 3.55. The molecule has 4 rings (SSSR count). The predicted octanol–water partition coefficient (Wildman–Crippen LogP) is 5.11. The van der Waals surface area contributed by atoms with E-state index in [0.29, 0.717) is 31.4 Å². The molecule has 1 aromatic carbocycles. The maximum atomic E-state index is 10.8. The molecule has 1 aliphatic rings. The minimum atomic E-state index is -1.11. The Labute approximate surface area is 189 Å². The molecule has 168 valence electrons. The molecule has 32 heavy (non-hydrogen) atoms. The van der Waals surface area contributed by atoms with Crippen LogP contribution in [0, 0.1) is 0 Å². The average molecular weight is 452 g/mol. The van der Waals surface area contributed by atoms with Gasteiger partial charge >= 0.3 is 0 Å². The van der Waals surface area contributed by atoms with Gasteiger partial charge in [-0.25, -0.2) is 9.67 Å². The molecule has 0 amide bonds. The number of hydrogen-bond acceptors (Lipinski definition) is 6. The number of carbonyl (C=O) groups is 1. The van der Waals surface area contributed by atoms with Gasteiger partial charge in [-0.15, -0.1) is 0 Å². The van der Waals surface area contributed by atoms with Crippen molar-refractivity contribution in [2.45, 2.75) is 44.8 Å². The van der Waals surface area contributed by atoms with Crippen LogP contribution in [-0.2, 0) is 16.3 Å². The van der Waals surface area contributed by atoms with Gasteiger partial charge in [-0.05, 0) is 24.2 Å². The Bertz CT molecular complexity index is 1060. The van der Waals surface area contributed by atoms with Gasteiger partial charge in [0.2, 0.25) is 5.88 Å². The lowest BCUT2D eigenvalue weighted by Gasteiger charge is -2.16. The topological polar surface area (TPSA) is 75.5 Å². The van der Waals surface area contributed by atoms with Gasteiger partial charge in [-0.1, -0.05) is 25.7 Å². The van der Waals surface area contributed by atoms with Crippen molar-refractivity contribution in [1.29, 1.82) is 0 Å². The summed E-state index contributed by atoms with van der Waals surface area (Å²) >= 11 is 0. The molecule has 1 atom stereocenters.